The molecule has 0 spiro atoms. The quantitative estimate of drug-likeness (QED) is 0.865. The van der Waals surface area contributed by atoms with Crippen LogP contribution in [0.25, 0.3) is 0 Å². The lowest BCUT2D eigenvalue weighted by molar-refractivity contribution is 0.301. The molecule has 102 valence electrons. The Morgan fingerprint density at radius 1 is 1.26 bits per heavy atom. The lowest BCUT2D eigenvalue weighted by atomic mass is 10.2. The Kier molecular flexibility index (Phi) is 5.14. The van der Waals surface area contributed by atoms with Gasteiger partial charge in [0.25, 0.3) is 0 Å². The molecule has 0 unspecified atom stereocenters. The van der Waals surface area contributed by atoms with Crippen LogP contribution in [0, 0.1) is 0 Å². The SMILES string of the molecule is CCNCc1occc1COc1cccc(Cl)c1Cl. The molecule has 0 amide bonds. The third-order valence-electron chi connectivity index (χ3n) is 2.67. The second kappa shape index (κ2) is 6.85. The van der Waals surface area contributed by atoms with Crippen molar-refractivity contribution in [3.05, 3.63) is 51.9 Å². The maximum absolute atomic E-state index is 6.06. The van der Waals surface area contributed by atoms with E-state index in [1.165, 1.54) is 0 Å². The predicted molar refractivity (Wildman–Crippen MR) is 76.9 cm³/mol. The van der Waals surface area contributed by atoms with Gasteiger partial charge in [-0.05, 0) is 24.7 Å². The Morgan fingerprint density at radius 2 is 2.11 bits per heavy atom. The summed E-state index contributed by atoms with van der Waals surface area (Å²) in [6, 6.07) is 7.22. The van der Waals surface area contributed by atoms with E-state index in [-0.39, 0.29) is 0 Å². The molecule has 0 saturated carbocycles. The van der Waals surface area contributed by atoms with Gasteiger partial charge in [-0.25, -0.2) is 0 Å². The van der Waals surface area contributed by atoms with Gasteiger partial charge < -0.3 is 14.5 Å². The number of furan rings is 1. The summed E-state index contributed by atoms with van der Waals surface area (Å²) in [7, 11) is 0. The minimum absolute atomic E-state index is 0.400. The van der Waals surface area contributed by atoms with E-state index in [4.69, 9.17) is 32.4 Å². The molecule has 0 atom stereocenters. The highest BCUT2D eigenvalue weighted by Crippen LogP contribution is 2.32. The maximum atomic E-state index is 6.06. The lowest BCUT2D eigenvalue weighted by Crippen LogP contribution is -2.12. The maximum Gasteiger partial charge on any atom is 0.139 e. The molecule has 1 N–H and O–H groups in total. The van der Waals surface area contributed by atoms with Crippen LogP contribution in [0.1, 0.15) is 18.2 Å². The molecule has 0 bridgehead atoms. The van der Waals surface area contributed by atoms with Gasteiger partial charge in [-0.15, -0.1) is 0 Å². The van der Waals surface area contributed by atoms with Crippen LogP contribution < -0.4 is 10.1 Å². The van der Waals surface area contributed by atoms with E-state index in [0.29, 0.717) is 28.9 Å². The summed E-state index contributed by atoms with van der Waals surface area (Å²) in [5, 5.41) is 4.13. The van der Waals surface area contributed by atoms with Crippen LogP contribution in [-0.4, -0.2) is 6.54 Å². The van der Waals surface area contributed by atoms with Crippen molar-refractivity contribution in [3.63, 3.8) is 0 Å². The largest absolute Gasteiger partial charge is 0.487 e. The van der Waals surface area contributed by atoms with E-state index in [1.54, 1.807) is 24.5 Å². The average molecular weight is 300 g/mol. The lowest BCUT2D eigenvalue weighted by Gasteiger charge is -2.09. The third kappa shape index (κ3) is 3.66. The topological polar surface area (TPSA) is 34.4 Å². The number of nitrogens with one attached hydrogen (secondary N) is 1. The van der Waals surface area contributed by atoms with Crippen LogP contribution in [0.3, 0.4) is 0 Å². The molecule has 3 nitrogen and oxygen atoms in total. The monoisotopic (exact) mass is 299 g/mol. The van der Waals surface area contributed by atoms with Crippen LogP contribution in [-0.2, 0) is 13.2 Å². The van der Waals surface area contributed by atoms with Crippen LogP contribution in [0.5, 0.6) is 5.75 Å². The van der Waals surface area contributed by atoms with Crippen LogP contribution in [0.2, 0.25) is 10.0 Å². The van der Waals surface area contributed by atoms with Crippen molar-refractivity contribution in [3.8, 4) is 5.75 Å². The highest BCUT2D eigenvalue weighted by molar-refractivity contribution is 6.42. The van der Waals surface area contributed by atoms with Crippen LogP contribution in [0.15, 0.2) is 34.9 Å². The summed E-state index contributed by atoms with van der Waals surface area (Å²) in [6.07, 6.45) is 1.66. The minimum Gasteiger partial charge on any atom is -0.487 e. The number of halogens is 2. The fraction of sp³-hybridized carbons (Fsp3) is 0.286. The molecular formula is C14H15Cl2NO2. The normalized spacial score (nSPS) is 10.7. The van der Waals surface area contributed by atoms with Gasteiger partial charge in [0, 0.05) is 5.56 Å². The van der Waals surface area contributed by atoms with Gasteiger partial charge >= 0.3 is 0 Å². The summed E-state index contributed by atoms with van der Waals surface area (Å²) >= 11 is 12.0. The molecule has 0 fully saturated rings. The first kappa shape index (κ1) is 14.3. The van der Waals surface area contributed by atoms with Crippen molar-refractivity contribution in [2.75, 3.05) is 6.54 Å². The zero-order chi connectivity index (χ0) is 13.7. The summed E-state index contributed by atoms with van der Waals surface area (Å²) in [5.74, 6) is 1.45. The van der Waals surface area contributed by atoms with Crippen molar-refractivity contribution in [2.45, 2.75) is 20.1 Å². The second-order valence-electron chi connectivity index (χ2n) is 3.99. The molecule has 0 saturated heterocycles. The number of benzene rings is 1. The Balaban J connectivity index is 2.02. The first-order valence-corrected chi connectivity index (χ1v) is 6.80. The Morgan fingerprint density at radius 3 is 2.89 bits per heavy atom. The molecule has 5 heteroatoms. The Labute approximate surface area is 122 Å². The molecule has 1 heterocycles. The summed E-state index contributed by atoms with van der Waals surface area (Å²) in [5.41, 5.74) is 0.997. The van der Waals surface area contributed by atoms with Gasteiger partial charge in [-0.2, -0.15) is 0 Å². The molecule has 1 aromatic heterocycles. The molecule has 0 radical (unpaired) electrons. The molecule has 2 rings (SSSR count). The van der Waals surface area contributed by atoms with E-state index in [1.807, 2.05) is 13.0 Å². The van der Waals surface area contributed by atoms with Gasteiger partial charge in [0.05, 0.1) is 17.8 Å². The number of hydrogen-bond donors (Lipinski definition) is 1. The predicted octanol–water partition coefficient (Wildman–Crippen LogP) is 4.27. The standard InChI is InChI=1S/C14H15Cl2NO2/c1-2-17-8-13-10(6-7-18-13)9-19-12-5-3-4-11(15)14(12)16/h3-7,17H,2,8-9H2,1H3. The smallest absolute Gasteiger partial charge is 0.139 e. The minimum atomic E-state index is 0.400. The molecular weight excluding hydrogens is 285 g/mol. The zero-order valence-electron chi connectivity index (χ0n) is 10.6. The highest BCUT2D eigenvalue weighted by atomic mass is 35.5. The van der Waals surface area contributed by atoms with E-state index in [0.717, 1.165) is 17.9 Å². The van der Waals surface area contributed by atoms with E-state index in [9.17, 15) is 0 Å². The molecule has 0 aliphatic rings. The van der Waals surface area contributed by atoms with Gasteiger partial charge in [-0.3, -0.25) is 0 Å². The van der Waals surface area contributed by atoms with Crippen LogP contribution in [0.4, 0.5) is 0 Å². The molecule has 0 aliphatic heterocycles. The number of ether oxygens (including phenoxy) is 1. The summed E-state index contributed by atoms with van der Waals surface area (Å²) in [4.78, 5) is 0. The average Bonchev–Trinajstić information content (AvgIpc) is 2.85. The first-order valence-electron chi connectivity index (χ1n) is 6.05. The summed E-state index contributed by atoms with van der Waals surface area (Å²) in [6.45, 7) is 4.02. The van der Waals surface area contributed by atoms with Crippen molar-refractivity contribution >= 4 is 23.2 Å². The third-order valence-corrected chi connectivity index (χ3v) is 3.47. The fourth-order valence-electron chi connectivity index (χ4n) is 1.64. The highest BCUT2D eigenvalue weighted by Gasteiger charge is 2.09. The van der Waals surface area contributed by atoms with Crippen molar-refractivity contribution < 1.29 is 9.15 Å². The fourth-order valence-corrected chi connectivity index (χ4v) is 1.99. The molecule has 19 heavy (non-hydrogen) atoms. The van der Waals surface area contributed by atoms with Gasteiger partial charge in [-0.1, -0.05) is 36.2 Å². The molecule has 1 aromatic carbocycles. The van der Waals surface area contributed by atoms with Gasteiger partial charge in [0.15, 0.2) is 0 Å². The Bertz CT molecular complexity index is 540. The van der Waals surface area contributed by atoms with Crippen molar-refractivity contribution in [1.82, 2.24) is 5.32 Å². The molecule has 2 aromatic rings. The van der Waals surface area contributed by atoms with E-state index >= 15 is 0 Å². The second-order valence-corrected chi connectivity index (χ2v) is 4.78. The number of rotatable bonds is 6. The zero-order valence-corrected chi connectivity index (χ0v) is 12.1. The van der Waals surface area contributed by atoms with Crippen molar-refractivity contribution in [2.24, 2.45) is 0 Å². The van der Waals surface area contributed by atoms with Gasteiger partial charge in [0.1, 0.15) is 23.1 Å². The number of hydrogen-bond acceptors (Lipinski definition) is 3. The van der Waals surface area contributed by atoms with Gasteiger partial charge in [0.2, 0.25) is 0 Å². The molecule has 0 aliphatic carbocycles. The van der Waals surface area contributed by atoms with Crippen LogP contribution >= 0.6 is 23.2 Å². The Hall–Kier alpha value is -1.16. The van der Waals surface area contributed by atoms with E-state index < -0.39 is 0 Å². The van der Waals surface area contributed by atoms with Crippen molar-refractivity contribution in [1.29, 1.82) is 0 Å². The summed E-state index contributed by atoms with van der Waals surface area (Å²) < 4.78 is 11.1. The van der Waals surface area contributed by atoms with E-state index in [2.05, 4.69) is 5.32 Å². The first-order chi connectivity index (χ1) is 9.22.